The molecule has 1 spiro atoms. The van der Waals surface area contributed by atoms with Crippen molar-refractivity contribution in [1.82, 2.24) is 20.1 Å². The molecule has 39 heavy (non-hydrogen) atoms. The maximum atomic E-state index is 12.7. The van der Waals surface area contributed by atoms with Crippen molar-refractivity contribution in [3.8, 4) is 22.8 Å². The molecule has 4 heterocycles. The molecule has 1 atom stereocenters. The largest absolute Gasteiger partial charge is 0.486 e. The monoisotopic (exact) mass is 574 g/mol. The summed E-state index contributed by atoms with van der Waals surface area (Å²) in [4.78, 5) is 5.76. The van der Waals surface area contributed by atoms with Crippen LogP contribution in [0.1, 0.15) is 37.0 Å². The van der Waals surface area contributed by atoms with Gasteiger partial charge in [0.15, 0.2) is 0 Å². The van der Waals surface area contributed by atoms with Gasteiger partial charge in [-0.25, -0.2) is 8.78 Å². The minimum atomic E-state index is -2.34. The number of ether oxygens (including phenoxy) is 3. The highest BCUT2D eigenvalue weighted by Gasteiger charge is 2.41. The number of benzene rings is 2. The zero-order valence-electron chi connectivity index (χ0n) is 21.1. The Morgan fingerprint density at radius 1 is 1.10 bits per heavy atom. The van der Waals surface area contributed by atoms with Gasteiger partial charge in [0.25, 0.3) is 6.43 Å². The number of likely N-dealkylation sites (tertiary alicyclic amines) is 1. The van der Waals surface area contributed by atoms with Crippen LogP contribution in [0.4, 0.5) is 8.78 Å². The van der Waals surface area contributed by atoms with E-state index in [-0.39, 0.29) is 6.54 Å². The summed E-state index contributed by atoms with van der Waals surface area (Å²) in [6.07, 6.45) is 1.44. The number of fused-ring (bicyclic) bond motifs is 2. The average molecular weight is 575 g/mol. The lowest BCUT2D eigenvalue weighted by molar-refractivity contribution is -0.229. The van der Waals surface area contributed by atoms with E-state index in [1.165, 1.54) is 0 Å². The maximum Gasteiger partial charge on any atom is 0.251 e. The number of aromatic amines is 1. The molecule has 6 rings (SSSR count). The summed E-state index contributed by atoms with van der Waals surface area (Å²) in [5, 5.41) is 9.42. The molecule has 204 valence electrons. The molecular formula is C28H26Cl2F2N4O3. The van der Waals surface area contributed by atoms with Crippen molar-refractivity contribution in [2.75, 3.05) is 19.6 Å². The lowest BCUT2D eigenvalue weighted by atomic mass is 9.99. The van der Waals surface area contributed by atoms with Crippen LogP contribution in [0.25, 0.3) is 22.2 Å². The summed E-state index contributed by atoms with van der Waals surface area (Å²) < 4.78 is 44.1. The zero-order chi connectivity index (χ0) is 27.1. The predicted octanol–water partition coefficient (Wildman–Crippen LogP) is 7.04. The van der Waals surface area contributed by atoms with E-state index in [0.29, 0.717) is 53.9 Å². The second-order valence-electron chi connectivity index (χ2n) is 9.87. The highest BCUT2D eigenvalue weighted by atomic mass is 35.5. The van der Waals surface area contributed by atoms with Crippen LogP contribution in [0.3, 0.4) is 0 Å². The van der Waals surface area contributed by atoms with Crippen molar-refractivity contribution in [1.29, 1.82) is 0 Å². The highest BCUT2D eigenvalue weighted by molar-refractivity contribution is 6.35. The molecule has 0 saturated carbocycles. The second-order valence-corrected chi connectivity index (χ2v) is 10.7. The first-order valence-corrected chi connectivity index (χ1v) is 13.5. The number of nitrogens with zero attached hydrogens (tertiary/aromatic N) is 3. The van der Waals surface area contributed by atoms with E-state index in [9.17, 15) is 8.78 Å². The van der Waals surface area contributed by atoms with E-state index in [2.05, 4.69) is 15.2 Å². The molecule has 1 fully saturated rings. The topological polar surface area (TPSA) is 72.5 Å². The van der Waals surface area contributed by atoms with Crippen LogP contribution >= 0.6 is 23.2 Å². The predicted molar refractivity (Wildman–Crippen MR) is 145 cm³/mol. The van der Waals surface area contributed by atoms with Crippen LogP contribution in [-0.2, 0) is 11.3 Å². The first-order valence-electron chi connectivity index (χ1n) is 12.7. The Labute approximate surface area is 234 Å². The van der Waals surface area contributed by atoms with Crippen LogP contribution in [-0.4, -0.2) is 51.9 Å². The third-order valence-corrected chi connectivity index (χ3v) is 7.88. The average Bonchev–Trinajstić information content (AvgIpc) is 3.33. The summed E-state index contributed by atoms with van der Waals surface area (Å²) in [5.41, 5.74) is 4.12. The van der Waals surface area contributed by atoms with Crippen LogP contribution in [0.5, 0.6) is 11.5 Å². The van der Waals surface area contributed by atoms with Gasteiger partial charge >= 0.3 is 0 Å². The maximum absolute atomic E-state index is 12.7. The summed E-state index contributed by atoms with van der Waals surface area (Å²) in [7, 11) is 0. The van der Waals surface area contributed by atoms with Gasteiger partial charge in [-0.2, -0.15) is 5.10 Å². The Kier molecular flexibility index (Phi) is 7.09. The standard InChI is InChI=1S/C28H26Cl2F2N4O3/c1-16(26-21(29)12-33-13-22(26)30)38-19-3-4-23-20(11-19)27(35-34-23)17-2-5-24-18(10-17)15-37-28(39-24)6-8-36(9-7-28)14-25(31)32/h2-5,10-13,16,25H,6-9,14-15H2,1H3,(H,34,35)/t16-/m1/s1. The number of alkyl halides is 2. The molecule has 2 aliphatic rings. The number of rotatable bonds is 6. The normalized spacial score (nSPS) is 17.8. The fraction of sp³-hybridized carbons (Fsp3) is 0.357. The number of halogens is 4. The molecule has 0 bridgehead atoms. The number of hydrogen-bond donors (Lipinski definition) is 1. The Bertz CT molecular complexity index is 1490. The van der Waals surface area contributed by atoms with E-state index >= 15 is 0 Å². The van der Waals surface area contributed by atoms with E-state index in [0.717, 1.165) is 33.5 Å². The number of H-pyrrole nitrogens is 1. The lowest BCUT2D eigenvalue weighted by Crippen LogP contribution is -2.51. The SMILES string of the molecule is C[C@@H](Oc1ccc2[nH]nc(-c3ccc4c(c3)COC3(CCN(CC(F)F)CC3)O4)c2c1)c1c(Cl)cncc1Cl. The quantitative estimate of drug-likeness (QED) is 0.266. The third kappa shape index (κ3) is 5.28. The van der Waals surface area contributed by atoms with E-state index in [1.807, 2.05) is 43.3 Å². The molecule has 0 radical (unpaired) electrons. The number of pyridine rings is 1. The fourth-order valence-corrected chi connectivity index (χ4v) is 5.93. The minimum Gasteiger partial charge on any atom is -0.486 e. The first-order chi connectivity index (χ1) is 18.8. The lowest BCUT2D eigenvalue weighted by Gasteiger charge is -2.44. The van der Waals surface area contributed by atoms with Crippen molar-refractivity contribution in [2.45, 2.75) is 44.7 Å². The Morgan fingerprint density at radius 3 is 2.62 bits per heavy atom. The van der Waals surface area contributed by atoms with Crippen molar-refractivity contribution in [2.24, 2.45) is 0 Å². The molecule has 2 aromatic heterocycles. The zero-order valence-corrected chi connectivity index (χ0v) is 22.6. The van der Waals surface area contributed by atoms with Crippen LogP contribution in [0.15, 0.2) is 48.8 Å². The van der Waals surface area contributed by atoms with Crippen LogP contribution < -0.4 is 9.47 Å². The highest BCUT2D eigenvalue weighted by Crippen LogP contribution is 2.40. The molecule has 7 nitrogen and oxygen atoms in total. The van der Waals surface area contributed by atoms with Gasteiger partial charge < -0.3 is 14.2 Å². The van der Waals surface area contributed by atoms with Crippen molar-refractivity contribution in [3.63, 3.8) is 0 Å². The molecular weight excluding hydrogens is 549 g/mol. The molecule has 1 N–H and O–H groups in total. The van der Waals surface area contributed by atoms with Gasteiger partial charge in [-0.05, 0) is 43.3 Å². The summed E-state index contributed by atoms with van der Waals surface area (Å²) >= 11 is 12.6. The van der Waals surface area contributed by atoms with Crippen molar-refractivity contribution >= 4 is 34.1 Å². The number of hydrogen-bond acceptors (Lipinski definition) is 6. The van der Waals surface area contributed by atoms with Gasteiger partial charge in [-0.15, -0.1) is 0 Å². The molecule has 0 aliphatic carbocycles. The van der Waals surface area contributed by atoms with E-state index in [1.54, 1.807) is 17.3 Å². The Balaban J connectivity index is 1.21. The Morgan fingerprint density at radius 2 is 1.87 bits per heavy atom. The summed E-state index contributed by atoms with van der Waals surface area (Å²) in [6, 6.07) is 11.6. The summed E-state index contributed by atoms with van der Waals surface area (Å²) in [5.74, 6) is 0.623. The summed E-state index contributed by atoms with van der Waals surface area (Å²) in [6.45, 7) is 3.07. The molecule has 11 heteroatoms. The van der Waals surface area contributed by atoms with E-state index < -0.39 is 18.3 Å². The van der Waals surface area contributed by atoms with Crippen molar-refractivity contribution < 1.29 is 23.0 Å². The molecule has 0 amide bonds. The van der Waals surface area contributed by atoms with Gasteiger partial charge in [0.2, 0.25) is 5.79 Å². The number of nitrogens with one attached hydrogen (secondary N) is 1. The van der Waals surface area contributed by atoms with Gasteiger partial charge in [0.1, 0.15) is 23.3 Å². The molecule has 1 saturated heterocycles. The first kappa shape index (κ1) is 26.3. The fourth-order valence-electron chi connectivity index (χ4n) is 5.26. The molecule has 2 aliphatic heterocycles. The van der Waals surface area contributed by atoms with E-state index in [4.69, 9.17) is 37.4 Å². The second kappa shape index (κ2) is 10.5. The third-order valence-electron chi connectivity index (χ3n) is 7.28. The van der Waals surface area contributed by atoms with Crippen LogP contribution in [0, 0.1) is 0 Å². The molecule has 4 aromatic rings. The van der Waals surface area contributed by atoms with Gasteiger partial charge in [0, 0.05) is 60.4 Å². The smallest absolute Gasteiger partial charge is 0.251 e. The number of aromatic nitrogens is 3. The minimum absolute atomic E-state index is 0.218. The molecule has 0 unspecified atom stereocenters. The van der Waals surface area contributed by atoms with Crippen LogP contribution in [0.2, 0.25) is 10.0 Å². The number of piperidine rings is 1. The van der Waals surface area contributed by atoms with Gasteiger partial charge in [0.05, 0.1) is 28.7 Å². The van der Waals surface area contributed by atoms with Crippen molar-refractivity contribution in [3.05, 3.63) is 70.0 Å². The Hall–Kier alpha value is -2.98. The van der Waals surface area contributed by atoms with Gasteiger partial charge in [-0.3, -0.25) is 15.0 Å². The molecule has 2 aromatic carbocycles. The van der Waals surface area contributed by atoms with Gasteiger partial charge in [-0.1, -0.05) is 23.2 Å².